The Hall–Kier alpha value is -3.76. The maximum Gasteiger partial charge on any atom is 0.264 e. The summed E-state index contributed by atoms with van der Waals surface area (Å²) in [7, 11) is -1.40. The molecule has 0 saturated carbocycles. The van der Waals surface area contributed by atoms with Crippen molar-refractivity contribution in [1.82, 2.24) is 10.2 Å². The number of aryl methyl sites for hydroxylation is 1. The fourth-order valence-electron chi connectivity index (χ4n) is 4.15. The molecule has 0 spiro atoms. The highest BCUT2D eigenvalue weighted by Crippen LogP contribution is 2.36. The van der Waals surface area contributed by atoms with Gasteiger partial charge in [0.15, 0.2) is 0 Å². The van der Waals surface area contributed by atoms with Crippen molar-refractivity contribution in [2.24, 2.45) is 0 Å². The third-order valence-corrected chi connectivity index (χ3v) is 8.51. The molecule has 3 aromatic rings. The van der Waals surface area contributed by atoms with Crippen molar-refractivity contribution >= 4 is 39.1 Å². The van der Waals surface area contributed by atoms with E-state index < -0.39 is 28.5 Å². The van der Waals surface area contributed by atoms with Crippen LogP contribution < -0.4 is 19.1 Å². The molecule has 1 N–H and O–H groups in total. The standard InChI is InChI=1S/C30H36ClN3O6S/c1-6-16-32-30(36)22(3)33(19-23-8-7-9-24(31)17-23)29(35)20-34(27-18-25(39-4)12-15-28(27)40-5)41(37,38)26-13-10-21(2)11-14-26/h7-15,17-18,22H,6,16,19-20H2,1-5H3,(H,32,36). The van der Waals surface area contributed by atoms with Gasteiger partial charge in [-0.05, 0) is 62.2 Å². The summed E-state index contributed by atoms with van der Waals surface area (Å²) in [6, 6.07) is 17.1. The Bertz CT molecular complexity index is 1460. The molecule has 1 unspecified atom stereocenters. The minimum absolute atomic E-state index is 0.00379. The van der Waals surface area contributed by atoms with Gasteiger partial charge >= 0.3 is 0 Å². The van der Waals surface area contributed by atoms with Crippen LogP contribution >= 0.6 is 11.6 Å². The van der Waals surface area contributed by atoms with Gasteiger partial charge in [-0.2, -0.15) is 0 Å². The summed E-state index contributed by atoms with van der Waals surface area (Å²) in [5, 5.41) is 3.29. The van der Waals surface area contributed by atoms with Crippen LogP contribution in [-0.4, -0.2) is 58.5 Å². The number of benzene rings is 3. The van der Waals surface area contributed by atoms with Crippen LogP contribution in [-0.2, 0) is 26.2 Å². The molecule has 0 bridgehead atoms. The molecule has 0 radical (unpaired) electrons. The van der Waals surface area contributed by atoms with E-state index in [0.717, 1.165) is 16.3 Å². The van der Waals surface area contributed by atoms with Gasteiger partial charge in [-0.3, -0.25) is 13.9 Å². The maximum absolute atomic E-state index is 14.1. The molecular formula is C30H36ClN3O6S. The summed E-state index contributed by atoms with van der Waals surface area (Å²) < 4.78 is 40.0. The zero-order valence-electron chi connectivity index (χ0n) is 23.9. The Kier molecular flexibility index (Phi) is 11.0. The van der Waals surface area contributed by atoms with E-state index in [-0.39, 0.29) is 28.8 Å². The summed E-state index contributed by atoms with van der Waals surface area (Å²) in [5.74, 6) is -0.344. The predicted octanol–water partition coefficient (Wildman–Crippen LogP) is 4.80. The number of methoxy groups -OCH3 is 2. The Labute approximate surface area is 247 Å². The molecule has 0 aliphatic heterocycles. The lowest BCUT2D eigenvalue weighted by Gasteiger charge is -2.32. The van der Waals surface area contributed by atoms with Gasteiger partial charge in [-0.1, -0.05) is 48.4 Å². The van der Waals surface area contributed by atoms with E-state index >= 15 is 0 Å². The Morgan fingerprint density at radius 3 is 2.32 bits per heavy atom. The molecule has 220 valence electrons. The van der Waals surface area contributed by atoms with Crippen molar-refractivity contribution < 1.29 is 27.5 Å². The first kappa shape index (κ1) is 31.8. The van der Waals surface area contributed by atoms with Crippen LogP contribution in [0.4, 0.5) is 5.69 Å². The molecule has 3 aromatic carbocycles. The summed E-state index contributed by atoms with van der Waals surface area (Å²) >= 11 is 6.19. The molecule has 9 nitrogen and oxygen atoms in total. The lowest BCUT2D eigenvalue weighted by molar-refractivity contribution is -0.139. The highest BCUT2D eigenvalue weighted by molar-refractivity contribution is 7.92. The molecule has 0 aromatic heterocycles. The zero-order valence-corrected chi connectivity index (χ0v) is 25.5. The minimum atomic E-state index is -4.27. The van der Waals surface area contributed by atoms with Gasteiger partial charge in [-0.15, -0.1) is 0 Å². The van der Waals surface area contributed by atoms with Gasteiger partial charge < -0.3 is 19.7 Å². The summed E-state index contributed by atoms with van der Waals surface area (Å²) in [5.41, 5.74) is 1.68. The number of carbonyl (C=O) groups excluding carboxylic acids is 2. The second-order valence-electron chi connectivity index (χ2n) is 9.48. The van der Waals surface area contributed by atoms with Crippen molar-refractivity contribution in [3.05, 3.63) is 82.9 Å². The molecule has 0 fully saturated rings. The van der Waals surface area contributed by atoms with Crippen molar-refractivity contribution in [3.63, 3.8) is 0 Å². The monoisotopic (exact) mass is 601 g/mol. The third-order valence-electron chi connectivity index (χ3n) is 6.50. The summed E-state index contributed by atoms with van der Waals surface area (Å²) in [6.07, 6.45) is 0.721. The number of anilines is 1. The highest BCUT2D eigenvalue weighted by atomic mass is 35.5. The normalized spacial score (nSPS) is 11.9. The summed E-state index contributed by atoms with van der Waals surface area (Å²) in [4.78, 5) is 28.4. The number of sulfonamides is 1. The number of rotatable bonds is 13. The molecule has 0 aliphatic rings. The molecule has 3 rings (SSSR count). The number of ether oxygens (including phenoxy) is 2. The highest BCUT2D eigenvalue weighted by Gasteiger charge is 2.34. The first-order chi connectivity index (χ1) is 19.5. The van der Waals surface area contributed by atoms with Gasteiger partial charge in [-0.25, -0.2) is 8.42 Å². The molecular weight excluding hydrogens is 566 g/mol. The van der Waals surface area contributed by atoms with E-state index in [9.17, 15) is 18.0 Å². The van der Waals surface area contributed by atoms with Crippen LogP contribution in [0.5, 0.6) is 11.5 Å². The van der Waals surface area contributed by atoms with Gasteiger partial charge in [0, 0.05) is 24.2 Å². The number of amides is 2. The van der Waals surface area contributed by atoms with Crippen LogP contribution in [0.15, 0.2) is 71.6 Å². The molecule has 0 heterocycles. The number of nitrogens with zero attached hydrogens (tertiary/aromatic N) is 2. The lowest BCUT2D eigenvalue weighted by Crippen LogP contribution is -2.51. The Balaban J connectivity index is 2.11. The fourth-order valence-corrected chi connectivity index (χ4v) is 5.78. The van der Waals surface area contributed by atoms with Crippen LogP contribution in [0, 0.1) is 6.92 Å². The third kappa shape index (κ3) is 7.92. The molecule has 41 heavy (non-hydrogen) atoms. The second kappa shape index (κ2) is 14.2. The number of hydrogen-bond acceptors (Lipinski definition) is 6. The van der Waals surface area contributed by atoms with Crippen LogP contribution in [0.2, 0.25) is 5.02 Å². The maximum atomic E-state index is 14.1. The topological polar surface area (TPSA) is 105 Å². The largest absolute Gasteiger partial charge is 0.497 e. The van der Waals surface area contributed by atoms with Crippen LogP contribution in [0.3, 0.4) is 0 Å². The molecule has 1 atom stereocenters. The van der Waals surface area contributed by atoms with Crippen molar-refractivity contribution in [2.45, 2.75) is 44.7 Å². The average molecular weight is 602 g/mol. The van der Waals surface area contributed by atoms with E-state index in [1.54, 1.807) is 55.5 Å². The molecule has 11 heteroatoms. The second-order valence-corrected chi connectivity index (χ2v) is 11.8. The fraction of sp³-hybridized carbons (Fsp3) is 0.333. The first-order valence-corrected chi connectivity index (χ1v) is 15.0. The summed E-state index contributed by atoms with van der Waals surface area (Å²) in [6.45, 7) is 5.26. The predicted molar refractivity (Wildman–Crippen MR) is 160 cm³/mol. The van der Waals surface area contributed by atoms with E-state index in [1.807, 2.05) is 13.8 Å². The van der Waals surface area contributed by atoms with Crippen molar-refractivity contribution in [3.8, 4) is 11.5 Å². The van der Waals surface area contributed by atoms with Gasteiger partial charge in [0.25, 0.3) is 10.0 Å². The van der Waals surface area contributed by atoms with Gasteiger partial charge in [0.05, 0.1) is 24.8 Å². The zero-order chi connectivity index (χ0) is 30.2. The number of nitrogens with one attached hydrogen (secondary N) is 1. The van der Waals surface area contributed by atoms with E-state index in [4.69, 9.17) is 21.1 Å². The van der Waals surface area contributed by atoms with Crippen LogP contribution in [0.1, 0.15) is 31.4 Å². The Morgan fingerprint density at radius 1 is 1.00 bits per heavy atom. The molecule has 0 saturated heterocycles. The molecule has 0 aliphatic carbocycles. The minimum Gasteiger partial charge on any atom is -0.497 e. The smallest absolute Gasteiger partial charge is 0.264 e. The number of hydrogen-bond donors (Lipinski definition) is 1. The van der Waals surface area contributed by atoms with Crippen LogP contribution in [0.25, 0.3) is 0 Å². The van der Waals surface area contributed by atoms with E-state index in [0.29, 0.717) is 22.9 Å². The Morgan fingerprint density at radius 2 is 1.71 bits per heavy atom. The number of halogens is 1. The molecule has 2 amide bonds. The lowest BCUT2D eigenvalue weighted by atomic mass is 10.1. The quantitative estimate of drug-likeness (QED) is 0.302. The van der Waals surface area contributed by atoms with Gasteiger partial charge in [0.1, 0.15) is 24.1 Å². The van der Waals surface area contributed by atoms with Crippen molar-refractivity contribution in [1.29, 1.82) is 0 Å². The van der Waals surface area contributed by atoms with Gasteiger partial charge in [0.2, 0.25) is 11.8 Å². The number of carbonyl (C=O) groups is 2. The average Bonchev–Trinajstić information content (AvgIpc) is 2.96. The van der Waals surface area contributed by atoms with Crippen molar-refractivity contribution in [2.75, 3.05) is 31.6 Å². The van der Waals surface area contributed by atoms with E-state index in [2.05, 4.69) is 5.32 Å². The SMILES string of the molecule is CCCNC(=O)C(C)N(Cc1cccc(Cl)c1)C(=O)CN(c1cc(OC)ccc1OC)S(=O)(=O)c1ccc(C)cc1. The van der Waals surface area contributed by atoms with E-state index in [1.165, 1.54) is 37.3 Å². The first-order valence-electron chi connectivity index (χ1n) is 13.1.